The predicted octanol–water partition coefficient (Wildman–Crippen LogP) is 3.33. The van der Waals surface area contributed by atoms with E-state index in [1.165, 1.54) is 35.8 Å². The molecule has 0 amide bonds. The molecule has 0 radical (unpaired) electrons. The maximum absolute atomic E-state index is 3.57. The van der Waals surface area contributed by atoms with E-state index in [1.54, 1.807) is 0 Å². The number of nitrogens with zero attached hydrogens (tertiary/aromatic N) is 1. The first kappa shape index (κ1) is 11.7. The summed E-state index contributed by atoms with van der Waals surface area (Å²) in [5.74, 6) is 0. The first-order valence-corrected chi connectivity index (χ1v) is 5.87. The van der Waals surface area contributed by atoms with Gasteiger partial charge in [0.05, 0.1) is 0 Å². The maximum atomic E-state index is 3.57. The van der Waals surface area contributed by atoms with Gasteiger partial charge in [0.15, 0.2) is 0 Å². The average molecular weight is 256 g/mol. The molecule has 78 valence electrons. The molecule has 0 saturated carbocycles. The molecule has 0 heterocycles. The van der Waals surface area contributed by atoms with Crippen LogP contribution in [0.5, 0.6) is 0 Å². The molecular weight excluding hydrogens is 238 g/mol. The average Bonchev–Trinajstić information content (AvgIpc) is 2.15. The van der Waals surface area contributed by atoms with Gasteiger partial charge >= 0.3 is 0 Å². The molecule has 0 atom stereocenters. The number of halogens is 1. The van der Waals surface area contributed by atoms with Gasteiger partial charge in [-0.1, -0.05) is 34.1 Å². The standard InChI is InChI=1S/C12H18BrN/c1-14(2)10-6-5-8-11-7-3-4-9-12(11)13/h3-4,7,9H,5-6,8,10H2,1-2H3. The molecule has 0 bridgehead atoms. The lowest BCUT2D eigenvalue weighted by atomic mass is 10.1. The van der Waals surface area contributed by atoms with E-state index in [1.807, 2.05) is 0 Å². The normalized spacial score (nSPS) is 10.9. The van der Waals surface area contributed by atoms with Crippen LogP contribution in [-0.2, 0) is 6.42 Å². The summed E-state index contributed by atoms with van der Waals surface area (Å²) in [5, 5.41) is 0. The molecule has 1 aromatic rings. The lowest BCUT2D eigenvalue weighted by Gasteiger charge is -2.09. The lowest BCUT2D eigenvalue weighted by molar-refractivity contribution is 0.394. The van der Waals surface area contributed by atoms with Crippen LogP contribution in [-0.4, -0.2) is 25.5 Å². The molecule has 0 aliphatic carbocycles. The zero-order chi connectivity index (χ0) is 10.4. The summed E-state index contributed by atoms with van der Waals surface area (Å²) in [5.41, 5.74) is 1.42. The molecule has 0 aromatic heterocycles. The monoisotopic (exact) mass is 255 g/mol. The molecule has 0 fully saturated rings. The zero-order valence-corrected chi connectivity index (χ0v) is 10.5. The van der Waals surface area contributed by atoms with E-state index in [-0.39, 0.29) is 0 Å². The molecule has 0 N–H and O–H groups in total. The van der Waals surface area contributed by atoms with Crippen molar-refractivity contribution in [1.82, 2.24) is 4.90 Å². The van der Waals surface area contributed by atoms with Gasteiger partial charge in [0.1, 0.15) is 0 Å². The second-order valence-corrected chi connectivity index (χ2v) is 4.71. The molecule has 1 rings (SSSR count). The molecule has 0 unspecified atom stereocenters. The highest BCUT2D eigenvalue weighted by Crippen LogP contribution is 2.17. The molecule has 14 heavy (non-hydrogen) atoms. The predicted molar refractivity (Wildman–Crippen MR) is 65.6 cm³/mol. The Morgan fingerprint density at radius 2 is 1.86 bits per heavy atom. The molecule has 0 spiro atoms. The summed E-state index contributed by atoms with van der Waals surface area (Å²) in [6.45, 7) is 1.18. The summed E-state index contributed by atoms with van der Waals surface area (Å²) >= 11 is 3.57. The van der Waals surface area contributed by atoms with Crippen molar-refractivity contribution in [1.29, 1.82) is 0 Å². The smallest absolute Gasteiger partial charge is 0.0207 e. The zero-order valence-electron chi connectivity index (χ0n) is 8.96. The van der Waals surface area contributed by atoms with Gasteiger partial charge in [0.25, 0.3) is 0 Å². The van der Waals surface area contributed by atoms with Crippen LogP contribution in [0.1, 0.15) is 18.4 Å². The van der Waals surface area contributed by atoms with Gasteiger partial charge in [-0.05, 0) is 51.5 Å². The first-order chi connectivity index (χ1) is 6.70. The number of hydrogen-bond donors (Lipinski definition) is 0. The van der Waals surface area contributed by atoms with Crippen molar-refractivity contribution in [3.63, 3.8) is 0 Å². The fraction of sp³-hybridized carbons (Fsp3) is 0.500. The van der Waals surface area contributed by atoms with Crippen molar-refractivity contribution in [2.45, 2.75) is 19.3 Å². The van der Waals surface area contributed by atoms with E-state index in [0.29, 0.717) is 0 Å². The number of aryl methyl sites for hydroxylation is 1. The van der Waals surface area contributed by atoms with E-state index >= 15 is 0 Å². The Bertz CT molecular complexity index is 271. The van der Waals surface area contributed by atoms with E-state index < -0.39 is 0 Å². The Balaban J connectivity index is 2.28. The Morgan fingerprint density at radius 3 is 2.50 bits per heavy atom. The van der Waals surface area contributed by atoms with Crippen molar-refractivity contribution in [3.05, 3.63) is 34.3 Å². The van der Waals surface area contributed by atoms with E-state index in [2.05, 4.69) is 59.2 Å². The summed E-state index contributed by atoms with van der Waals surface area (Å²) in [6.07, 6.45) is 3.71. The topological polar surface area (TPSA) is 3.24 Å². The number of rotatable bonds is 5. The second kappa shape index (κ2) is 6.20. The Hall–Kier alpha value is -0.340. The van der Waals surface area contributed by atoms with Crippen molar-refractivity contribution < 1.29 is 0 Å². The van der Waals surface area contributed by atoms with Gasteiger partial charge in [-0.3, -0.25) is 0 Å². The Labute approximate surface area is 95.2 Å². The first-order valence-electron chi connectivity index (χ1n) is 5.08. The van der Waals surface area contributed by atoms with Crippen LogP contribution in [0.4, 0.5) is 0 Å². The molecule has 0 aliphatic heterocycles. The second-order valence-electron chi connectivity index (χ2n) is 3.85. The van der Waals surface area contributed by atoms with Crippen LogP contribution >= 0.6 is 15.9 Å². The Kier molecular flexibility index (Phi) is 5.20. The minimum absolute atomic E-state index is 1.18. The van der Waals surface area contributed by atoms with Gasteiger partial charge < -0.3 is 4.90 Å². The van der Waals surface area contributed by atoms with Gasteiger partial charge in [0.2, 0.25) is 0 Å². The van der Waals surface area contributed by atoms with Crippen LogP contribution in [0, 0.1) is 0 Å². The van der Waals surface area contributed by atoms with Crippen LogP contribution in [0.2, 0.25) is 0 Å². The molecule has 1 aromatic carbocycles. The minimum atomic E-state index is 1.18. The lowest BCUT2D eigenvalue weighted by Crippen LogP contribution is -2.12. The van der Waals surface area contributed by atoms with Gasteiger partial charge in [-0.2, -0.15) is 0 Å². The SMILES string of the molecule is CN(C)CCCCc1ccccc1Br. The molecule has 0 aliphatic rings. The van der Waals surface area contributed by atoms with Gasteiger partial charge in [0, 0.05) is 4.47 Å². The minimum Gasteiger partial charge on any atom is -0.309 e. The molecular formula is C12H18BrN. The van der Waals surface area contributed by atoms with E-state index in [0.717, 1.165) is 0 Å². The Morgan fingerprint density at radius 1 is 1.14 bits per heavy atom. The van der Waals surface area contributed by atoms with Gasteiger partial charge in [-0.15, -0.1) is 0 Å². The van der Waals surface area contributed by atoms with Crippen LogP contribution in [0.3, 0.4) is 0 Å². The van der Waals surface area contributed by atoms with Crippen molar-refractivity contribution in [2.75, 3.05) is 20.6 Å². The fourth-order valence-corrected chi connectivity index (χ4v) is 1.93. The van der Waals surface area contributed by atoms with E-state index in [4.69, 9.17) is 0 Å². The van der Waals surface area contributed by atoms with Crippen LogP contribution in [0.25, 0.3) is 0 Å². The highest BCUT2D eigenvalue weighted by atomic mass is 79.9. The largest absolute Gasteiger partial charge is 0.309 e. The van der Waals surface area contributed by atoms with Crippen LogP contribution in [0.15, 0.2) is 28.7 Å². The highest BCUT2D eigenvalue weighted by Gasteiger charge is 1.98. The number of unbranched alkanes of at least 4 members (excludes halogenated alkanes) is 1. The molecule has 2 heteroatoms. The summed E-state index contributed by atoms with van der Waals surface area (Å²) in [6, 6.07) is 8.47. The summed E-state index contributed by atoms with van der Waals surface area (Å²) < 4.78 is 1.24. The third kappa shape index (κ3) is 4.25. The van der Waals surface area contributed by atoms with Crippen LogP contribution < -0.4 is 0 Å². The van der Waals surface area contributed by atoms with E-state index in [9.17, 15) is 0 Å². The van der Waals surface area contributed by atoms with Crippen molar-refractivity contribution in [2.24, 2.45) is 0 Å². The summed E-state index contributed by atoms with van der Waals surface area (Å²) in [4.78, 5) is 2.24. The van der Waals surface area contributed by atoms with Crippen molar-refractivity contribution >= 4 is 15.9 Å². The number of hydrogen-bond acceptors (Lipinski definition) is 1. The third-order valence-electron chi connectivity index (χ3n) is 2.26. The third-order valence-corrected chi connectivity index (χ3v) is 3.03. The van der Waals surface area contributed by atoms with Gasteiger partial charge in [-0.25, -0.2) is 0 Å². The van der Waals surface area contributed by atoms with Crippen molar-refractivity contribution in [3.8, 4) is 0 Å². The molecule has 0 saturated heterocycles. The summed E-state index contributed by atoms with van der Waals surface area (Å²) in [7, 11) is 4.25. The fourth-order valence-electron chi connectivity index (χ4n) is 1.44. The highest BCUT2D eigenvalue weighted by molar-refractivity contribution is 9.10. The number of benzene rings is 1. The maximum Gasteiger partial charge on any atom is 0.0207 e. The molecule has 1 nitrogen and oxygen atoms in total. The quantitative estimate of drug-likeness (QED) is 0.730.